The fourth-order valence-corrected chi connectivity index (χ4v) is 1.77. The third-order valence-electron chi connectivity index (χ3n) is 3.01. The summed E-state index contributed by atoms with van der Waals surface area (Å²) in [6, 6.07) is 7.87. The van der Waals surface area contributed by atoms with Gasteiger partial charge in [0.1, 0.15) is 6.54 Å². The first-order valence-corrected chi connectivity index (χ1v) is 6.83. The van der Waals surface area contributed by atoms with Gasteiger partial charge in [-0.15, -0.1) is 0 Å². The Morgan fingerprint density at radius 2 is 1.95 bits per heavy atom. The second-order valence-electron chi connectivity index (χ2n) is 4.57. The van der Waals surface area contributed by atoms with Crippen LogP contribution in [0, 0.1) is 0 Å². The SMILES string of the molecule is CCc1ccc(C=CC(=O)N(CCOC)CC(=O)O)cc1. The van der Waals surface area contributed by atoms with Gasteiger partial charge >= 0.3 is 5.97 Å². The van der Waals surface area contributed by atoms with Crippen molar-refractivity contribution in [3.8, 4) is 0 Å². The number of methoxy groups -OCH3 is 1. The molecule has 1 aromatic carbocycles. The number of aryl methyl sites for hydroxylation is 1. The van der Waals surface area contributed by atoms with Gasteiger partial charge in [-0.1, -0.05) is 31.2 Å². The number of hydrogen-bond acceptors (Lipinski definition) is 3. The van der Waals surface area contributed by atoms with E-state index in [2.05, 4.69) is 6.92 Å². The zero-order chi connectivity index (χ0) is 15.7. The minimum Gasteiger partial charge on any atom is -0.480 e. The molecule has 0 atom stereocenters. The highest BCUT2D eigenvalue weighted by atomic mass is 16.5. The van der Waals surface area contributed by atoms with E-state index in [0.717, 1.165) is 12.0 Å². The summed E-state index contributed by atoms with van der Waals surface area (Å²) in [5.41, 5.74) is 2.13. The second-order valence-corrected chi connectivity index (χ2v) is 4.57. The standard InChI is InChI=1S/C16H21NO4/c1-3-13-4-6-14(7-5-13)8-9-15(18)17(10-11-21-2)12-16(19)20/h4-9H,3,10-12H2,1-2H3,(H,19,20). The van der Waals surface area contributed by atoms with Crippen molar-refractivity contribution in [2.75, 3.05) is 26.8 Å². The van der Waals surface area contributed by atoms with Gasteiger partial charge in [-0.3, -0.25) is 9.59 Å². The summed E-state index contributed by atoms with van der Waals surface area (Å²) in [6.07, 6.45) is 4.04. The van der Waals surface area contributed by atoms with Gasteiger partial charge in [0.05, 0.1) is 6.61 Å². The Labute approximate surface area is 124 Å². The molecule has 5 nitrogen and oxygen atoms in total. The summed E-state index contributed by atoms with van der Waals surface area (Å²) < 4.78 is 4.88. The number of amides is 1. The highest BCUT2D eigenvalue weighted by Crippen LogP contribution is 2.07. The summed E-state index contributed by atoms with van der Waals surface area (Å²) >= 11 is 0. The van der Waals surface area contributed by atoms with E-state index >= 15 is 0 Å². The van der Waals surface area contributed by atoms with Crippen molar-refractivity contribution in [1.29, 1.82) is 0 Å². The highest BCUT2D eigenvalue weighted by Gasteiger charge is 2.13. The molecule has 0 radical (unpaired) electrons. The number of carbonyl (C=O) groups is 2. The number of ether oxygens (including phenoxy) is 1. The summed E-state index contributed by atoms with van der Waals surface area (Å²) in [5, 5.41) is 8.82. The van der Waals surface area contributed by atoms with Crippen molar-refractivity contribution < 1.29 is 19.4 Å². The average molecular weight is 291 g/mol. The smallest absolute Gasteiger partial charge is 0.323 e. The van der Waals surface area contributed by atoms with Crippen LogP contribution in [0.2, 0.25) is 0 Å². The number of nitrogens with zero attached hydrogens (tertiary/aromatic N) is 1. The lowest BCUT2D eigenvalue weighted by Crippen LogP contribution is -2.36. The molecule has 0 aromatic heterocycles. The molecule has 0 unspecified atom stereocenters. The quantitative estimate of drug-likeness (QED) is 0.742. The normalized spacial score (nSPS) is 10.8. The van der Waals surface area contributed by atoms with Gasteiger partial charge < -0.3 is 14.7 Å². The molecule has 0 aliphatic carbocycles. The molecule has 1 N–H and O–H groups in total. The molecule has 0 heterocycles. The van der Waals surface area contributed by atoms with Crippen molar-refractivity contribution in [3.05, 3.63) is 41.5 Å². The van der Waals surface area contributed by atoms with E-state index in [1.54, 1.807) is 6.08 Å². The minimum absolute atomic E-state index is 0.251. The molecule has 0 fully saturated rings. The van der Waals surface area contributed by atoms with E-state index in [9.17, 15) is 9.59 Å². The topological polar surface area (TPSA) is 66.8 Å². The van der Waals surface area contributed by atoms with Crippen LogP contribution >= 0.6 is 0 Å². The summed E-state index contributed by atoms with van der Waals surface area (Å²) in [7, 11) is 1.51. The number of benzene rings is 1. The molecule has 0 spiro atoms. The highest BCUT2D eigenvalue weighted by molar-refractivity contribution is 5.93. The Balaban J connectivity index is 2.69. The number of rotatable bonds is 8. The minimum atomic E-state index is -1.04. The van der Waals surface area contributed by atoms with E-state index in [-0.39, 0.29) is 19.0 Å². The zero-order valence-corrected chi connectivity index (χ0v) is 12.4. The number of carboxylic acids is 1. The summed E-state index contributed by atoms with van der Waals surface area (Å²) in [6.45, 7) is 2.30. The van der Waals surface area contributed by atoms with E-state index in [0.29, 0.717) is 6.61 Å². The van der Waals surface area contributed by atoms with Gasteiger partial charge in [0.15, 0.2) is 0 Å². The molecule has 0 bridgehead atoms. The molecule has 1 amide bonds. The predicted octanol–water partition coefficient (Wildman–Crippen LogP) is 1.82. The Bertz CT molecular complexity index is 494. The summed E-state index contributed by atoms with van der Waals surface area (Å²) in [4.78, 5) is 24.0. The second kappa shape index (κ2) is 8.92. The van der Waals surface area contributed by atoms with Crippen LogP contribution in [0.4, 0.5) is 0 Å². The first-order chi connectivity index (χ1) is 10.1. The van der Waals surface area contributed by atoms with E-state index in [4.69, 9.17) is 9.84 Å². The lowest BCUT2D eigenvalue weighted by molar-refractivity contribution is -0.143. The molecule has 1 rings (SSSR count). The molecular weight excluding hydrogens is 270 g/mol. The van der Waals surface area contributed by atoms with E-state index in [1.807, 2.05) is 24.3 Å². The molecule has 0 saturated carbocycles. The zero-order valence-electron chi connectivity index (χ0n) is 12.4. The average Bonchev–Trinajstić information content (AvgIpc) is 2.49. The van der Waals surface area contributed by atoms with Gasteiger partial charge in [-0.25, -0.2) is 0 Å². The van der Waals surface area contributed by atoms with Crippen LogP contribution in [0.25, 0.3) is 6.08 Å². The fraction of sp³-hybridized carbons (Fsp3) is 0.375. The number of aliphatic carboxylic acids is 1. The molecule has 5 heteroatoms. The predicted molar refractivity (Wildman–Crippen MR) is 80.9 cm³/mol. The van der Waals surface area contributed by atoms with Crippen LogP contribution in [0.1, 0.15) is 18.1 Å². The van der Waals surface area contributed by atoms with Gasteiger partial charge in [-0.05, 0) is 23.6 Å². The van der Waals surface area contributed by atoms with Crippen LogP contribution in [0.15, 0.2) is 30.3 Å². The van der Waals surface area contributed by atoms with Crippen molar-refractivity contribution in [2.24, 2.45) is 0 Å². The number of carbonyl (C=O) groups excluding carboxylic acids is 1. The monoisotopic (exact) mass is 291 g/mol. The van der Waals surface area contributed by atoms with E-state index < -0.39 is 5.97 Å². The van der Waals surface area contributed by atoms with Crippen molar-refractivity contribution >= 4 is 18.0 Å². The van der Waals surface area contributed by atoms with Crippen LogP contribution < -0.4 is 0 Å². The van der Waals surface area contributed by atoms with Gasteiger partial charge in [0.2, 0.25) is 5.91 Å². The van der Waals surface area contributed by atoms with Gasteiger partial charge in [-0.2, -0.15) is 0 Å². The van der Waals surface area contributed by atoms with Gasteiger partial charge in [0.25, 0.3) is 0 Å². The van der Waals surface area contributed by atoms with Crippen LogP contribution in [0.5, 0.6) is 0 Å². The molecule has 0 aliphatic heterocycles. The Kier molecular flexibility index (Phi) is 7.18. The summed E-state index contributed by atoms with van der Waals surface area (Å²) in [5.74, 6) is -1.38. The van der Waals surface area contributed by atoms with Gasteiger partial charge in [0, 0.05) is 19.7 Å². The molecule has 0 aliphatic rings. The third kappa shape index (κ3) is 6.23. The lowest BCUT2D eigenvalue weighted by atomic mass is 10.1. The van der Waals surface area contributed by atoms with Crippen molar-refractivity contribution in [1.82, 2.24) is 4.90 Å². The Morgan fingerprint density at radius 3 is 2.48 bits per heavy atom. The molecular formula is C16H21NO4. The van der Waals surface area contributed by atoms with Crippen LogP contribution in [-0.4, -0.2) is 48.7 Å². The van der Waals surface area contributed by atoms with Crippen LogP contribution in [0.3, 0.4) is 0 Å². The van der Waals surface area contributed by atoms with Crippen LogP contribution in [-0.2, 0) is 20.7 Å². The third-order valence-corrected chi connectivity index (χ3v) is 3.01. The van der Waals surface area contributed by atoms with E-state index in [1.165, 1.54) is 23.6 Å². The largest absolute Gasteiger partial charge is 0.480 e. The number of carboxylic acid groups (broad SMARTS) is 1. The first-order valence-electron chi connectivity index (χ1n) is 6.83. The maximum absolute atomic E-state index is 12.0. The molecule has 1 aromatic rings. The Hall–Kier alpha value is -2.14. The Morgan fingerprint density at radius 1 is 1.29 bits per heavy atom. The molecule has 114 valence electrons. The fourth-order valence-electron chi connectivity index (χ4n) is 1.77. The first kappa shape index (κ1) is 16.9. The lowest BCUT2D eigenvalue weighted by Gasteiger charge is -2.18. The maximum atomic E-state index is 12.0. The van der Waals surface area contributed by atoms with Crippen molar-refractivity contribution in [2.45, 2.75) is 13.3 Å². The number of hydrogen-bond donors (Lipinski definition) is 1. The maximum Gasteiger partial charge on any atom is 0.323 e. The molecule has 21 heavy (non-hydrogen) atoms. The molecule has 0 saturated heterocycles. The van der Waals surface area contributed by atoms with Crippen molar-refractivity contribution in [3.63, 3.8) is 0 Å².